The van der Waals surface area contributed by atoms with Crippen LogP contribution < -0.4 is 9.47 Å². The Hall–Kier alpha value is -4.30. The van der Waals surface area contributed by atoms with E-state index in [0.717, 1.165) is 12.2 Å². The monoisotopic (exact) mass is 694 g/mol. The van der Waals surface area contributed by atoms with Gasteiger partial charge in [-0.1, -0.05) is 12.1 Å². The lowest BCUT2D eigenvalue weighted by Crippen LogP contribution is -2.63. The standard InChI is InChI=1S/C32H38O17/c1-43-20-11-16(3-7-18(20)35)5-9-24(37)45-14-23-26(39)28(41)29(42)31(46-23)49-32(15-34)30(27(40)22(13-33)48-32)47-25(38)10-6-17-4-8-19(36)21(12-17)44-2/h3-12,22-23,26-31,33-36,39-42H,13-15H2,1-2H3/b9-5+,10-6+/t22-,23+,26-,27-,28+,29-,30+,31-,32+/m1/s1. The number of ether oxygens (including phenoxy) is 7. The smallest absolute Gasteiger partial charge is 0.331 e. The van der Waals surface area contributed by atoms with Crippen molar-refractivity contribution < 1.29 is 83.6 Å². The molecule has 2 aliphatic rings. The van der Waals surface area contributed by atoms with E-state index in [1.54, 1.807) is 0 Å². The SMILES string of the molecule is COc1cc(/C=C/C(=O)OC[C@@H]2O[C@H](O[C@]3(CO)O[C@H](CO)[C@@H](O)[C@@H]3OC(=O)/C=C/c3ccc(O)c(OC)c3)[C@H](O)[C@@H](O)[C@@H]2O)ccc1O. The number of benzene rings is 2. The molecule has 0 unspecified atom stereocenters. The van der Waals surface area contributed by atoms with Crippen molar-refractivity contribution in [3.05, 3.63) is 59.7 Å². The van der Waals surface area contributed by atoms with E-state index in [1.165, 1.54) is 62.8 Å². The van der Waals surface area contributed by atoms with E-state index >= 15 is 0 Å². The predicted molar refractivity (Wildman–Crippen MR) is 164 cm³/mol. The van der Waals surface area contributed by atoms with Crippen molar-refractivity contribution in [3.63, 3.8) is 0 Å². The average Bonchev–Trinajstić information content (AvgIpc) is 3.36. The van der Waals surface area contributed by atoms with E-state index in [-0.39, 0.29) is 23.0 Å². The molecule has 0 amide bonds. The minimum absolute atomic E-state index is 0.108. The number of carbonyl (C=O) groups excluding carboxylic acids is 2. The largest absolute Gasteiger partial charge is 0.504 e. The number of carbonyl (C=O) groups is 2. The predicted octanol–water partition coefficient (Wildman–Crippen LogP) is -1.44. The van der Waals surface area contributed by atoms with Gasteiger partial charge in [0.25, 0.3) is 0 Å². The van der Waals surface area contributed by atoms with Gasteiger partial charge in [0.15, 0.2) is 35.4 Å². The molecule has 2 saturated heterocycles. The van der Waals surface area contributed by atoms with E-state index in [0.29, 0.717) is 11.1 Å². The van der Waals surface area contributed by atoms with Gasteiger partial charge in [0, 0.05) is 12.2 Å². The Morgan fingerprint density at radius 3 is 1.90 bits per heavy atom. The lowest BCUT2D eigenvalue weighted by Gasteiger charge is -2.43. The zero-order valence-electron chi connectivity index (χ0n) is 26.3. The highest BCUT2D eigenvalue weighted by molar-refractivity contribution is 5.88. The number of phenols is 2. The molecule has 0 aliphatic carbocycles. The normalized spacial score (nSPS) is 30.0. The maximum absolute atomic E-state index is 12.8. The van der Waals surface area contributed by atoms with Crippen molar-refractivity contribution in [2.24, 2.45) is 0 Å². The van der Waals surface area contributed by atoms with Crippen LogP contribution in [-0.2, 0) is 33.3 Å². The molecule has 268 valence electrons. The van der Waals surface area contributed by atoms with Gasteiger partial charge in [0.1, 0.15) is 49.8 Å². The molecular formula is C32H38O17. The number of aliphatic hydroxyl groups is 6. The minimum atomic E-state index is -2.47. The number of esters is 2. The van der Waals surface area contributed by atoms with Crippen LogP contribution in [0.4, 0.5) is 0 Å². The molecule has 2 heterocycles. The molecule has 2 aromatic carbocycles. The van der Waals surface area contributed by atoms with Crippen molar-refractivity contribution in [1.29, 1.82) is 0 Å². The molecule has 2 fully saturated rings. The second kappa shape index (κ2) is 16.4. The Bertz CT molecular complexity index is 1510. The molecule has 4 rings (SSSR count). The van der Waals surface area contributed by atoms with Crippen LogP contribution in [0.2, 0.25) is 0 Å². The summed E-state index contributed by atoms with van der Waals surface area (Å²) in [5.41, 5.74) is 0.898. The number of phenolic OH excluding ortho intramolecular Hbond substituents is 2. The van der Waals surface area contributed by atoms with Gasteiger partial charge >= 0.3 is 11.9 Å². The lowest BCUT2D eigenvalue weighted by molar-refractivity contribution is -0.383. The maximum atomic E-state index is 12.8. The second-order valence-corrected chi connectivity index (χ2v) is 10.9. The highest BCUT2D eigenvalue weighted by Gasteiger charge is 2.60. The topological polar surface area (TPSA) is 261 Å². The summed E-state index contributed by atoms with van der Waals surface area (Å²) in [4.78, 5) is 25.2. The third kappa shape index (κ3) is 8.66. The fourth-order valence-electron chi connectivity index (χ4n) is 5.06. The Morgan fingerprint density at radius 2 is 1.37 bits per heavy atom. The number of methoxy groups -OCH3 is 2. The van der Waals surface area contributed by atoms with Crippen molar-refractivity contribution >= 4 is 24.1 Å². The van der Waals surface area contributed by atoms with Crippen LogP contribution in [0.3, 0.4) is 0 Å². The summed E-state index contributed by atoms with van der Waals surface area (Å²) in [7, 11) is 2.69. The van der Waals surface area contributed by atoms with Gasteiger partial charge in [0.05, 0.1) is 20.8 Å². The third-order valence-electron chi connectivity index (χ3n) is 7.72. The fourth-order valence-corrected chi connectivity index (χ4v) is 5.06. The summed E-state index contributed by atoms with van der Waals surface area (Å²) in [6, 6.07) is 8.54. The molecule has 0 aromatic heterocycles. The van der Waals surface area contributed by atoms with Gasteiger partial charge in [-0.05, 0) is 47.5 Å². The molecule has 17 heteroatoms. The Kier molecular flexibility index (Phi) is 12.6. The molecule has 17 nitrogen and oxygen atoms in total. The summed E-state index contributed by atoms with van der Waals surface area (Å²) in [6.45, 7) is -2.61. The van der Waals surface area contributed by atoms with E-state index < -0.39 is 86.6 Å². The minimum Gasteiger partial charge on any atom is -0.504 e. The van der Waals surface area contributed by atoms with Gasteiger partial charge in [0.2, 0.25) is 5.79 Å². The molecule has 2 aliphatic heterocycles. The van der Waals surface area contributed by atoms with Crippen molar-refractivity contribution in [3.8, 4) is 23.0 Å². The third-order valence-corrected chi connectivity index (χ3v) is 7.72. The van der Waals surface area contributed by atoms with Gasteiger partial charge in [-0.15, -0.1) is 0 Å². The number of aliphatic hydroxyl groups excluding tert-OH is 6. The van der Waals surface area contributed by atoms with Crippen LogP contribution in [-0.4, -0.2) is 142 Å². The molecule has 0 saturated carbocycles. The first-order valence-electron chi connectivity index (χ1n) is 14.8. The first kappa shape index (κ1) is 37.5. The average molecular weight is 695 g/mol. The Morgan fingerprint density at radius 1 is 0.796 bits per heavy atom. The quantitative estimate of drug-likeness (QED) is 0.0882. The van der Waals surface area contributed by atoms with Gasteiger partial charge < -0.3 is 74.0 Å². The zero-order chi connectivity index (χ0) is 35.9. The van der Waals surface area contributed by atoms with Gasteiger partial charge in [-0.25, -0.2) is 9.59 Å². The number of hydrogen-bond acceptors (Lipinski definition) is 17. The molecule has 9 atom stereocenters. The number of rotatable bonds is 13. The van der Waals surface area contributed by atoms with Crippen LogP contribution in [0.1, 0.15) is 11.1 Å². The fraction of sp³-hybridized carbons (Fsp3) is 0.438. The van der Waals surface area contributed by atoms with Crippen LogP contribution in [0, 0.1) is 0 Å². The van der Waals surface area contributed by atoms with Gasteiger partial charge in [-0.2, -0.15) is 0 Å². The lowest BCUT2D eigenvalue weighted by atomic mass is 9.99. The van der Waals surface area contributed by atoms with Crippen LogP contribution in [0.25, 0.3) is 12.2 Å². The molecule has 0 spiro atoms. The second-order valence-electron chi connectivity index (χ2n) is 10.9. The molecule has 49 heavy (non-hydrogen) atoms. The van der Waals surface area contributed by atoms with Gasteiger partial charge in [-0.3, -0.25) is 0 Å². The number of aromatic hydroxyl groups is 2. The first-order chi connectivity index (χ1) is 23.4. The summed E-state index contributed by atoms with van der Waals surface area (Å²) >= 11 is 0. The van der Waals surface area contributed by atoms with E-state index in [1.807, 2.05) is 0 Å². The van der Waals surface area contributed by atoms with E-state index in [9.17, 15) is 50.4 Å². The van der Waals surface area contributed by atoms with Crippen LogP contribution >= 0.6 is 0 Å². The summed E-state index contributed by atoms with van der Waals surface area (Å²) in [6.07, 6.45) is -9.57. The molecule has 8 N–H and O–H groups in total. The van der Waals surface area contributed by atoms with E-state index in [2.05, 4.69) is 0 Å². The van der Waals surface area contributed by atoms with Crippen molar-refractivity contribution in [1.82, 2.24) is 0 Å². The molecule has 2 aromatic rings. The Balaban J connectivity index is 1.46. The van der Waals surface area contributed by atoms with Crippen LogP contribution in [0.5, 0.6) is 23.0 Å². The molecular weight excluding hydrogens is 656 g/mol. The number of hydrogen-bond donors (Lipinski definition) is 8. The Labute approximate surface area is 279 Å². The maximum Gasteiger partial charge on any atom is 0.331 e. The summed E-state index contributed by atoms with van der Waals surface area (Å²) in [5.74, 6) is -4.38. The highest BCUT2D eigenvalue weighted by Crippen LogP contribution is 2.38. The summed E-state index contributed by atoms with van der Waals surface area (Å²) in [5, 5.41) is 82.2. The van der Waals surface area contributed by atoms with Crippen molar-refractivity contribution in [2.75, 3.05) is 34.0 Å². The zero-order valence-corrected chi connectivity index (χ0v) is 26.3. The summed E-state index contributed by atoms with van der Waals surface area (Å²) < 4.78 is 37.3. The highest BCUT2D eigenvalue weighted by atomic mass is 16.8. The first-order valence-corrected chi connectivity index (χ1v) is 14.8. The molecule has 0 bridgehead atoms. The van der Waals surface area contributed by atoms with Crippen LogP contribution in [0.15, 0.2) is 48.6 Å². The van der Waals surface area contributed by atoms with E-state index in [4.69, 9.17) is 33.2 Å². The van der Waals surface area contributed by atoms with Crippen molar-refractivity contribution in [2.45, 2.75) is 54.8 Å². The molecule has 0 radical (unpaired) electrons.